The summed E-state index contributed by atoms with van der Waals surface area (Å²) >= 11 is 0. The van der Waals surface area contributed by atoms with Gasteiger partial charge in [0.1, 0.15) is 0 Å². The van der Waals surface area contributed by atoms with Gasteiger partial charge in [-0.05, 0) is 25.0 Å². The lowest BCUT2D eigenvalue weighted by molar-refractivity contribution is 0.195. The molecule has 0 N–H and O–H groups in total. The number of rotatable bonds is 4. The van der Waals surface area contributed by atoms with E-state index in [1.807, 2.05) is 29.1 Å². The summed E-state index contributed by atoms with van der Waals surface area (Å²) in [5.74, 6) is 0. The molecular formula is C11H14N2O. The van der Waals surface area contributed by atoms with Crippen LogP contribution in [0.25, 0.3) is 5.52 Å². The van der Waals surface area contributed by atoms with E-state index in [4.69, 9.17) is 4.74 Å². The molecule has 14 heavy (non-hydrogen) atoms. The predicted octanol–water partition coefficient (Wildman–Crippen LogP) is 1.91. The van der Waals surface area contributed by atoms with Crippen molar-refractivity contribution in [3.05, 3.63) is 36.4 Å². The number of ether oxygens (including phenoxy) is 1. The Bertz CT molecular complexity index is 408. The normalized spacial score (nSPS) is 10.9. The third-order valence-electron chi connectivity index (χ3n) is 2.29. The van der Waals surface area contributed by atoms with E-state index in [2.05, 4.69) is 11.1 Å². The zero-order valence-corrected chi connectivity index (χ0v) is 8.31. The molecule has 0 saturated carbocycles. The quantitative estimate of drug-likeness (QED) is 0.688. The van der Waals surface area contributed by atoms with E-state index in [1.54, 1.807) is 7.11 Å². The Labute approximate surface area is 83.3 Å². The van der Waals surface area contributed by atoms with E-state index in [-0.39, 0.29) is 0 Å². The number of aryl methyl sites for hydroxylation is 1. The lowest BCUT2D eigenvalue weighted by Crippen LogP contribution is -1.93. The van der Waals surface area contributed by atoms with Gasteiger partial charge in [0.25, 0.3) is 0 Å². The molecule has 2 aromatic heterocycles. The summed E-state index contributed by atoms with van der Waals surface area (Å²) in [5, 5.41) is 0. The summed E-state index contributed by atoms with van der Waals surface area (Å²) in [7, 11) is 1.73. The molecule has 3 nitrogen and oxygen atoms in total. The Morgan fingerprint density at radius 3 is 3.21 bits per heavy atom. The second-order valence-corrected chi connectivity index (χ2v) is 3.28. The Balaban J connectivity index is 2.17. The number of imidazole rings is 1. The van der Waals surface area contributed by atoms with Gasteiger partial charge in [-0.1, -0.05) is 6.07 Å². The van der Waals surface area contributed by atoms with E-state index in [1.165, 1.54) is 5.52 Å². The van der Waals surface area contributed by atoms with Gasteiger partial charge in [-0.3, -0.25) is 0 Å². The van der Waals surface area contributed by atoms with Gasteiger partial charge in [0.15, 0.2) is 0 Å². The third kappa shape index (κ3) is 1.77. The van der Waals surface area contributed by atoms with Crippen LogP contribution in [-0.2, 0) is 11.2 Å². The van der Waals surface area contributed by atoms with Crippen molar-refractivity contribution in [3.63, 3.8) is 0 Å². The minimum absolute atomic E-state index is 0.797. The standard InChI is InChI=1S/C11H14N2O/c1-14-8-4-5-10-11-6-2-3-7-13(11)9-12-10/h2-3,6-7,9H,4-5,8H2,1H3. The molecule has 0 aromatic carbocycles. The van der Waals surface area contributed by atoms with Gasteiger partial charge in [0.05, 0.1) is 17.5 Å². The fraction of sp³-hybridized carbons (Fsp3) is 0.364. The van der Waals surface area contributed by atoms with E-state index >= 15 is 0 Å². The first kappa shape index (κ1) is 9.21. The molecule has 2 rings (SSSR count). The summed E-state index contributed by atoms with van der Waals surface area (Å²) in [4.78, 5) is 4.37. The summed E-state index contributed by atoms with van der Waals surface area (Å²) in [6, 6.07) is 6.14. The van der Waals surface area contributed by atoms with Crippen LogP contribution in [0.3, 0.4) is 0 Å². The van der Waals surface area contributed by atoms with E-state index < -0.39 is 0 Å². The van der Waals surface area contributed by atoms with Crippen LogP contribution in [0.1, 0.15) is 12.1 Å². The Hall–Kier alpha value is -1.35. The molecule has 0 aliphatic rings. The van der Waals surface area contributed by atoms with Gasteiger partial charge >= 0.3 is 0 Å². The van der Waals surface area contributed by atoms with Gasteiger partial charge in [0.2, 0.25) is 0 Å². The predicted molar refractivity (Wildman–Crippen MR) is 55.4 cm³/mol. The molecule has 2 aromatic rings. The summed E-state index contributed by atoms with van der Waals surface area (Å²) in [6.07, 6.45) is 5.88. The summed E-state index contributed by atoms with van der Waals surface area (Å²) < 4.78 is 7.06. The smallest absolute Gasteiger partial charge is 0.0995 e. The second kappa shape index (κ2) is 4.24. The van der Waals surface area contributed by atoms with Crippen LogP contribution >= 0.6 is 0 Å². The number of fused-ring (bicyclic) bond motifs is 1. The monoisotopic (exact) mass is 190 g/mol. The topological polar surface area (TPSA) is 26.5 Å². The fourth-order valence-electron chi connectivity index (χ4n) is 1.58. The average molecular weight is 190 g/mol. The SMILES string of the molecule is COCCCc1ncn2ccccc12. The van der Waals surface area contributed by atoms with Crippen molar-refractivity contribution in [2.75, 3.05) is 13.7 Å². The van der Waals surface area contributed by atoms with Crippen LogP contribution in [-0.4, -0.2) is 23.1 Å². The Kier molecular flexibility index (Phi) is 2.79. The molecule has 0 fully saturated rings. The number of nitrogens with zero attached hydrogens (tertiary/aromatic N) is 2. The van der Waals surface area contributed by atoms with Crippen molar-refractivity contribution in [2.24, 2.45) is 0 Å². The van der Waals surface area contributed by atoms with Crippen LogP contribution < -0.4 is 0 Å². The molecule has 3 heteroatoms. The Morgan fingerprint density at radius 2 is 2.36 bits per heavy atom. The van der Waals surface area contributed by atoms with Gasteiger partial charge in [-0.25, -0.2) is 4.98 Å². The number of methoxy groups -OCH3 is 1. The number of pyridine rings is 1. The van der Waals surface area contributed by atoms with Crippen LogP contribution in [0.4, 0.5) is 0 Å². The zero-order valence-electron chi connectivity index (χ0n) is 8.31. The van der Waals surface area contributed by atoms with E-state index in [0.717, 1.165) is 25.1 Å². The minimum atomic E-state index is 0.797. The van der Waals surface area contributed by atoms with Gasteiger partial charge < -0.3 is 9.14 Å². The molecule has 0 spiro atoms. The molecular weight excluding hydrogens is 176 g/mol. The number of hydrogen-bond donors (Lipinski definition) is 0. The van der Waals surface area contributed by atoms with Crippen LogP contribution in [0.5, 0.6) is 0 Å². The van der Waals surface area contributed by atoms with E-state index in [9.17, 15) is 0 Å². The van der Waals surface area contributed by atoms with Crippen LogP contribution in [0.2, 0.25) is 0 Å². The molecule has 0 unspecified atom stereocenters. The first-order valence-electron chi connectivity index (χ1n) is 4.81. The Morgan fingerprint density at radius 1 is 1.43 bits per heavy atom. The lowest BCUT2D eigenvalue weighted by atomic mass is 10.2. The highest BCUT2D eigenvalue weighted by Gasteiger charge is 2.02. The van der Waals surface area contributed by atoms with Crippen molar-refractivity contribution in [3.8, 4) is 0 Å². The van der Waals surface area contributed by atoms with Crippen molar-refractivity contribution in [1.29, 1.82) is 0 Å². The van der Waals surface area contributed by atoms with Crippen molar-refractivity contribution in [1.82, 2.24) is 9.38 Å². The van der Waals surface area contributed by atoms with E-state index in [0.29, 0.717) is 0 Å². The number of aromatic nitrogens is 2. The fourth-order valence-corrected chi connectivity index (χ4v) is 1.58. The third-order valence-corrected chi connectivity index (χ3v) is 2.29. The zero-order chi connectivity index (χ0) is 9.80. The van der Waals surface area contributed by atoms with Crippen LogP contribution in [0, 0.1) is 0 Å². The summed E-state index contributed by atoms with van der Waals surface area (Å²) in [6.45, 7) is 0.797. The molecule has 0 bridgehead atoms. The van der Waals surface area contributed by atoms with Gasteiger partial charge in [-0.2, -0.15) is 0 Å². The minimum Gasteiger partial charge on any atom is -0.385 e. The lowest BCUT2D eigenvalue weighted by Gasteiger charge is -1.98. The van der Waals surface area contributed by atoms with Crippen LogP contribution in [0.15, 0.2) is 30.7 Å². The molecule has 0 atom stereocenters. The molecule has 2 heterocycles. The molecule has 0 amide bonds. The average Bonchev–Trinajstić information content (AvgIpc) is 2.63. The second-order valence-electron chi connectivity index (χ2n) is 3.28. The van der Waals surface area contributed by atoms with Crippen molar-refractivity contribution >= 4 is 5.52 Å². The maximum atomic E-state index is 5.02. The highest BCUT2D eigenvalue weighted by Crippen LogP contribution is 2.10. The molecule has 0 aliphatic heterocycles. The summed E-state index contributed by atoms with van der Waals surface area (Å²) in [5.41, 5.74) is 2.35. The maximum absolute atomic E-state index is 5.02. The molecule has 0 aliphatic carbocycles. The molecule has 74 valence electrons. The first-order chi connectivity index (χ1) is 6.92. The maximum Gasteiger partial charge on any atom is 0.0995 e. The van der Waals surface area contributed by atoms with Gasteiger partial charge in [-0.15, -0.1) is 0 Å². The van der Waals surface area contributed by atoms with Gasteiger partial charge in [0, 0.05) is 19.9 Å². The largest absolute Gasteiger partial charge is 0.385 e. The highest BCUT2D eigenvalue weighted by molar-refractivity contribution is 5.51. The van der Waals surface area contributed by atoms with Crippen molar-refractivity contribution in [2.45, 2.75) is 12.8 Å². The highest BCUT2D eigenvalue weighted by atomic mass is 16.5. The molecule has 0 saturated heterocycles. The van der Waals surface area contributed by atoms with Crippen molar-refractivity contribution < 1.29 is 4.74 Å². The molecule has 0 radical (unpaired) electrons. The number of hydrogen-bond acceptors (Lipinski definition) is 2. The first-order valence-corrected chi connectivity index (χ1v) is 4.81.